The Kier molecular flexibility index (Phi) is 5.58. The van der Waals surface area contributed by atoms with E-state index in [0.29, 0.717) is 17.7 Å². The number of aromatic nitrogens is 1. The number of nitrogens with zero attached hydrogens (tertiary/aromatic N) is 3. The first kappa shape index (κ1) is 19.9. The minimum absolute atomic E-state index is 0.0124. The third kappa shape index (κ3) is 4.29. The quantitative estimate of drug-likeness (QED) is 0.756. The number of alkyl halides is 3. The lowest BCUT2D eigenvalue weighted by Gasteiger charge is -2.29. The van der Waals surface area contributed by atoms with Crippen LogP contribution in [0.2, 0.25) is 0 Å². The summed E-state index contributed by atoms with van der Waals surface area (Å²) >= 11 is 0. The first-order chi connectivity index (χ1) is 13.9. The van der Waals surface area contributed by atoms with Gasteiger partial charge in [0.2, 0.25) is 0 Å². The summed E-state index contributed by atoms with van der Waals surface area (Å²) in [7, 11) is 0. The van der Waals surface area contributed by atoms with E-state index in [-0.39, 0.29) is 11.6 Å². The van der Waals surface area contributed by atoms with Gasteiger partial charge in [-0.1, -0.05) is 6.07 Å². The second-order valence-electron chi connectivity index (χ2n) is 7.80. The first-order valence-electron chi connectivity index (χ1n) is 10.1. The number of hydrogen-bond donors (Lipinski definition) is 0. The van der Waals surface area contributed by atoms with Crippen molar-refractivity contribution in [2.45, 2.75) is 37.9 Å². The van der Waals surface area contributed by atoms with Gasteiger partial charge in [-0.3, -0.25) is 9.78 Å². The van der Waals surface area contributed by atoms with Crippen molar-refractivity contribution in [3.05, 3.63) is 53.9 Å². The van der Waals surface area contributed by atoms with Gasteiger partial charge in [-0.15, -0.1) is 0 Å². The molecule has 1 aromatic carbocycles. The second kappa shape index (κ2) is 8.14. The molecule has 2 aliphatic heterocycles. The van der Waals surface area contributed by atoms with E-state index in [2.05, 4.69) is 9.88 Å². The van der Waals surface area contributed by atoms with E-state index in [1.54, 1.807) is 23.1 Å². The Labute approximate surface area is 168 Å². The molecule has 2 fully saturated rings. The minimum Gasteiger partial charge on any atom is -0.334 e. The Balaban J connectivity index is 1.63. The molecule has 0 saturated carbocycles. The molecule has 154 valence electrons. The zero-order valence-electron chi connectivity index (χ0n) is 16.2. The number of hydrogen-bond acceptors (Lipinski definition) is 3. The van der Waals surface area contributed by atoms with E-state index in [1.807, 2.05) is 0 Å². The molecule has 2 saturated heterocycles. The Hall–Kier alpha value is -2.41. The maximum atomic E-state index is 13.8. The van der Waals surface area contributed by atoms with Gasteiger partial charge >= 0.3 is 6.18 Å². The van der Waals surface area contributed by atoms with Crippen LogP contribution >= 0.6 is 0 Å². The largest absolute Gasteiger partial charge is 0.417 e. The summed E-state index contributed by atoms with van der Waals surface area (Å²) in [6.07, 6.45) is 2.45. The molecule has 1 atom stereocenters. The second-order valence-corrected chi connectivity index (χ2v) is 7.80. The molecule has 2 aromatic rings. The monoisotopic (exact) mass is 403 g/mol. The summed E-state index contributed by atoms with van der Waals surface area (Å²) in [6, 6.07) is 7.29. The molecule has 4 nitrogen and oxygen atoms in total. The average Bonchev–Trinajstić information content (AvgIpc) is 3.39. The number of carbonyl (C=O) groups excluding carboxylic acids is 1. The van der Waals surface area contributed by atoms with Crippen molar-refractivity contribution in [2.75, 3.05) is 26.2 Å². The highest BCUT2D eigenvalue weighted by Gasteiger charge is 2.39. The SMILES string of the molecule is O=C(c1ccc(-c2ccncc2)cc1C(F)(F)F)N1CCCC1CN1CCCC1. The summed E-state index contributed by atoms with van der Waals surface area (Å²) < 4.78 is 41.5. The van der Waals surface area contributed by atoms with Crippen molar-refractivity contribution < 1.29 is 18.0 Å². The van der Waals surface area contributed by atoms with Crippen LogP contribution in [0.5, 0.6) is 0 Å². The lowest BCUT2D eigenvalue weighted by molar-refractivity contribution is -0.138. The van der Waals surface area contributed by atoms with Crippen LogP contribution in [0, 0.1) is 0 Å². The Morgan fingerprint density at radius 2 is 1.72 bits per heavy atom. The standard InChI is InChI=1S/C22H24F3N3O/c23-22(24,25)20-14-17(16-7-9-26-10-8-16)5-6-19(20)21(29)28-13-3-4-18(28)15-27-11-1-2-12-27/h5-10,14,18H,1-4,11-13,15H2. The highest BCUT2D eigenvalue weighted by Crippen LogP contribution is 2.36. The van der Waals surface area contributed by atoms with Gasteiger partial charge in [-0.25, -0.2) is 0 Å². The fourth-order valence-corrected chi connectivity index (χ4v) is 4.40. The maximum Gasteiger partial charge on any atom is 0.417 e. The van der Waals surface area contributed by atoms with Crippen LogP contribution in [0.1, 0.15) is 41.6 Å². The number of benzene rings is 1. The Bertz CT molecular complexity index is 863. The fraction of sp³-hybridized carbons (Fsp3) is 0.455. The summed E-state index contributed by atoms with van der Waals surface area (Å²) in [5.74, 6) is -0.514. The van der Waals surface area contributed by atoms with Crippen molar-refractivity contribution in [2.24, 2.45) is 0 Å². The predicted octanol–water partition coefficient (Wildman–Crippen LogP) is 4.47. The highest BCUT2D eigenvalue weighted by atomic mass is 19.4. The normalized spacial score (nSPS) is 20.4. The van der Waals surface area contributed by atoms with Gasteiger partial charge in [0, 0.05) is 31.5 Å². The van der Waals surface area contributed by atoms with Gasteiger partial charge < -0.3 is 9.80 Å². The van der Waals surface area contributed by atoms with Crippen LogP contribution in [0.3, 0.4) is 0 Å². The van der Waals surface area contributed by atoms with E-state index in [4.69, 9.17) is 0 Å². The van der Waals surface area contributed by atoms with E-state index in [9.17, 15) is 18.0 Å². The number of amides is 1. The number of rotatable bonds is 4. The minimum atomic E-state index is -4.60. The zero-order valence-corrected chi connectivity index (χ0v) is 16.2. The Morgan fingerprint density at radius 1 is 1.00 bits per heavy atom. The summed E-state index contributed by atoms with van der Waals surface area (Å²) in [5, 5.41) is 0. The molecule has 0 spiro atoms. The van der Waals surface area contributed by atoms with Crippen molar-refractivity contribution in [1.29, 1.82) is 0 Å². The van der Waals surface area contributed by atoms with E-state index in [0.717, 1.165) is 51.4 Å². The first-order valence-corrected chi connectivity index (χ1v) is 10.1. The lowest BCUT2D eigenvalue weighted by atomic mass is 9.98. The van der Waals surface area contributed by atoms with Gasteiger partial charge in [0.15, 0.2) is 0 Å². The Morgan fingerprint density at radius 3 is 2.41 bits per heavy atom. The third-order valence-corrected chi connectivity index (χ3v) is 5.87. The highest BCUT2D eigenvalue weighted by molar-refractivity contribution is 5.97. The molecule has 7 heteroatoms. The number of pyridine rings is 1. The van der Waals surface area contributed by atoms with Crippen molar-refractivity contribution in [1.82, 2.24) is 14.8 Å². The maximum absolute atomic E-state index is 13.8. The van der Waals surface area contributed by atoms with Gasteiger partial charge in [0.05, 0.1) is 11.1 Å². The number of carbonyl (C=O) groups is 1. The van der Waals surface area contributed by atoms with Crippen LogP contribution < -0.4 is 0 Å². The molecule has 0 bridgehead atoms. The molecule has 4 rings (SSSR count). The van der Waals surface area contributed by atoms with Crippen LogP contribution in [-0.2, 0) is 6.18 Å². The predicted molar refractivity (Wildman–Crippen MR) is 104 cm³/mol. The van der Waals surface area contributed by atoms with Crippen LogP contribution in [0.25, 0.3) is 11.1 Å². The summed E-state index contributed by atoms with van der Waals surface area (Å²) in [4.78, 5) is 21.0. The van der Waals surface area contributed by atoms with Gasteiger partial charge in [0.1, 0.15) is 0 Å². The molecule has 0 radical (unpaired) electrons. The smallest absolute Gasteiger partial charge is 0.334 e. The topological polar surface area (TPSA) is 36.4 Å². The van der Waals surface area contributed by atoms with E-state index < -0.39 is 17.6 Å². The lowest BCUT2D eigenvalue weighted by Crippen LogP contribution is -2.43. The van der Waals surface area contributed by atoms with Crippen molar-refractivity contribution in [3.8, 4) is 11.1 Å². The molecular weight excluding hydrogens is 379 g/mol. The molecule has 1 amide bonds. The average molecular weight is 403 g/mol. The van der Waals surface area contributed by atoms with Crippen molar-refractivity contribution in [3.63, 3.8) is 0 Å². The van der Waals surface area contributed by atoms with Crippen LogP contribution in [-0.4, -0.2) is 52.9 Å². The number of halogens is 3. The number of likely N-dealkylation sites (tertiary alicyclic amines) is 2. The molecule has 3 heterocycles. The van der Waals surface area contributed by atoms with Gasteiger partial charge in [-0.05, 0) is 74.2 Å². The molecule has 1 unspecified atom stereocenters. The molecular formula is C22H24F3N3O. The molecule has 2 aliphatic rings. The van der Waals surface area contributed by atoms with E-state index >= 15 is 0 Å². The molecule has 0 aliphatic carbocycles. The van der Waals surface area contributed by atoms with Gasteiger partial charge in [-0.2, -0.15) is 13.2 Å². The van der Waals surface area contributed by atoms with Crippen LogP contribution in [0.15, 0.2) is 42.7 Å². The van der Waals surface area contributed by atoms with Crippen molar-refractivity contribution >= 4 is 5.91 Å². The zero-order chi connectivity index (χ0) is 20.4. The fourth-order valence-electron chi connectivity index (χ4n) is 4.40. The summed E-state index contributed by atoms with van der Waals surface area (Å²) in [6.45, 7) is 3.28. The van der Waals surface area contributed by atoms with Crippen LogP contribution in [0.4, 0.5) is 13.2 Å². The summed E-state index contributed by atoms with van der Waals surface area (Å²) in [5.41, 5.74) is -0.0730. The third-order valence-electron chi connectivity index (χ3n) is 5.87. The molecule has 29 heavy (non-hydrogen) atoms. The van der Waals surface area contributed by atoms with Gasteiger partial charge in [0.25, 0.3) is 5.91 Å². The molecule has 1 aromatic heterocycles. The van der Waals surface area contributed by atoms with E-state index in [1.165, 1.54) is 18.5 Å². The molecule has 0 N–H and O–H groups in total.